The Morgan fingerprint density at radius 1 is 0.177 bits per heavy atom. The summed E-state index contributed by atoms with van der Waals surface area (Å²) in [7, 11) is 28.0. The van der Waals surface area contributed by atoms with Crippen LogP contribution in [0.2, 0.25) is 0 Å². The first-order chi connectivity index (χ1) is 46.7. The van der Waals surface area contributed by atoms with E-state index in [0.29, 0.717) is 0 Å². The topological polar surface area (TPSA) is 345 Å². The van der Waals surface area contributed by atoms with Gasteiger partial charge in [-0.05, 0) is 0 Å². The van der Waals surface area contributed by atoms with Gasteiger partial charge in [-0.2, -0.15) is 0 Å². The molecule has 0 unspecified atom stereocenters. The molecule has 35 heteroatoms. The van der Waals surface area contributed by atoms with E-state index < -0.39 is 228 Å². The highest BCUT2D eigenvalue weighted by molar-refractivity contribution is 5.04. The maximum absolute atomic E-state index is 11.3. The maximum Gasteiger partial charge on any atom is 0.187 e. The van der Waals surface area contributed by atoms with Gasteiger partial charge in [0, 0.05) is 135 Å². The van der Waals surface area contributed by atoms with Gasteiger partial charge in [0.05, 0.1) is 46.2 Å². The van der Waals surface area contributed by atoms with Gasteiger partial charge in [-0.3, -0.25) is 0 Å². The highest BCUT2D eigenvalue weighted by Gasteiger charge is 2.62. The molecule has 96 heavy (non-hydrogen) atoms. The monoisotopic (exact) mass is 1400 g/mol. The van der Waals surface area contributed by atoms with Crippen LogP contribution < -0.4 is 0 Å². The average molecular weight is 1400 g/mol. The summed E-state index contributed by atoms with van der Waals surface area (Å²) in [5.41, 5.74) is 0. The molecule has 21 saturated heterocycles. The van der Waals surface area contributed by atoms with E-state index in [1.165, 1.54) is 135 Å². The van der Waals surface area contributed by atoms with Crippen molar-refractivity contribution < 1.29 is 167 Å². The van der Waals surface area contributed by atoms with E-state index in [0.717, 1.165) is 0 Å². The minimum absolute atomic E-state index is 0.0592. The average Bonchev–Trinajstić information content (AvgIpc) is 0.773. The Morgan fingerprint density at radius 3 is 0.417 bits per heavy atom. The Morgan fingerprint density at radius 2 is 0.302 bits per heavy atom. The van der Waals surface area contributed by atoms with Gasteiger partial charge in [-0.15, -0.1) is 0 Å². The summed E-state index contributed by atoms with van der Waals surface area (Å²) in [6.07, 6.45) is -38.1. The third-order valence-corrected chi connectivity index (χ3v) is 19.0. The standard InChI is InChI=1S/C61H108O35/c1-64-22-29-36-43(71-8)52(80-17)59(87-29)94-38-31(24-66-3)85-57(50(78-15)45(38)73-10)90-34-27(20-62)84-56(49(77-14)41(34)69-6)93-37-30(23-65-2)88-60(53(81-18)44(37)72-9)96-40-33(26-68-5)89-61(54(82-19)47(40)75-12)95-39-32(25-67-4)86-58(51(79-16)46(39)74-11)91-35-28(21-63)83-55(92-36)48(76-13)42(35)70-7/h27-63H,20-26H2,1-19H3/t27-,28-,29-,30-,31-,32-,33-,34-,35-,36-,37-,38-,39-,40-,41+,42-,43+,44+,45+,46-,47+,48-,49-,50-,51-,52-,53-,54-,55-,56-,57-,58-,59-,60-,61-/m1/s1. The molecule has 0 spiro atoms. The van der Waals surface area contributed by atoms with Crippen LogP contribution in [-0.4, -0.2) is 406 Å². The molecule has 2 N–H and O–H groups in total. The van der Waals surface area contributed by atoms with Gasteiger partial charge in [-0.1, -0.05) is 0 Å². The zero-order chi connectivity index (χ0) is 69.5. The molecule has 21 heterocycles. The SMILES string of the molecule is COC[C@H]1O[C@@H]2O[C@H]3[C@H](OC)[C@@H](OC)[C@@H](O[C@H]4[C@@H](OC)[C@@H](OC)[C@@H](O[C@H]5[C@@H](OC)[C@@H](OC)[C@@H](O[C@H]6[C@H](OC)[C@@H](OC)[C@@H](O[C@H]7[C@H](OC)[C@@H](OC)[C@@H](O[C@H]8[C@H](OC)[C@@H](OC)[C@@H](O[C@H]1[C@H](OC)[C@H]2OC)O[C@@H]8CO)O[C@@H]7COC)O[C@@H]6COC)O[C@@H]5CO)O[C@@H]4COC)O[C@@H]3COC. The van der Waals surface area contributed by atoms with Crippen molar-refractivity contribution in [3.8, 4) is 0 Å². The van der Waals surface area contributed by atoms with Crippen LogP contribution in [0.1, 0.15) is 0 Å². The molecule has 0 saturated carbocycles. The number of aliphatic hydroxyl groups excluding tert-OH is 2. The van der Waals surface area contributed by atoms with Crippen LogP contribution in [0.25, 0.3) is 0 Å². The van der Waals surface area contributed by atoms with E-state index in [1.807, 2.05) is 0 Å². The largest absolute Gasteiger partial charge is 0.394 e. The fourth-order valence-electron chi connectivity index (χ4n) is 14.5. The molecule has 0 aliphatic carbocycles. The van der Waals surface area contributed by atoms with Gasteiger partial charge < -0.3 is 167 Å². The molecule has 21 fully saturated rings. The Bertz CT molecular complexity index is 2160. The van der Waals surface area contributed by atoms with Crippen LogP contribution in [0.4, 0.5) is 0 Å². The number of rotatable bonds is 26. The van der Waals surface area contributed by atoms with Crippen molar-refractivity contribution in [3.05, 3.63) is 0 Å². The van der Waals surface area contributed by atoms with Crippen LogP contribution in [0.3, 0.4) is 0 Å². The fourth-order valence-corrected chi connectivity index (χ4v) is 14.5. The Labute approximate surface area is 561 Å². The summed E-state index contributed by atoms with van der Waals surface area (Å²) in [6, 6.07) is 0. The normalized spacial score (nSPS) is 46.8. The Hall–Kier alpha value is -1.40. The van der Waals surface area contributed by atoms with Crippen molar-refractivity contribution in [2.24, 2.45) is 0 Å². The third-order valence-electron chi connectivity index (χ3n) is 19.0. The third kappa shape index (κ3) is 17.0. The first-order valence-corrected chi connectivity index (χ1v) is 31.9. The molecule has 14 bridgehead atoms. The van der Waals surface area contributed by atoms with Crippen molar-refractivity contribution in [1.29, 1.82) is 0 Å². The number of hydrogen-bond donors (Lipinski definition) is 2. The molecule has 21 aliphatic heterocycles. The van der Waals surface area contributed by atoms with Crippen LogP contribution in [0, 0.1) is 0 Å². The summed E-state index contributed by atoms with van der Waals surface area (Å²) >= 11 is 0. The molecule has 0 aromatic carbocycles. The van der Waals surface area contributed by atoms with Gasteiger partial charge in [0.1, 0.15) is 171 Å². The number of hydrogen-bond acceptors (Lipinski definition) is 35. The second kappa shape index (κ2) is 38.9. The maximum atomic E-state index is 11.3. The summed E-state index contributed by atoms with van der Waals surface area (Å²) in [6.45, 7) is -1.57. The summed E-state index contributed by atoms with van der Waals surface area (Å²) in [4.78, 5) is 0. The van der Waals surface area contributed by atoms with E-state index in [9.17, 15) is 10.2 Å². The first-order valence-electron chi connectivity index (χ1n) is 31.9. The van der Waals surface area contributed by atoms with Gasteiger partial charge in [-0.25, -0.2) is 0 Å². The van der Waals surface area contributed by atoms with Gasteiger partial charge in [0.25, 0.3) is 0 Å². The lowest BCUT2D eigenvalue weighted by Crippen LogP contribution is -2.69. The lowest BCUT2D eigenvalue weighted by molar-refractivity contribution is -0.402. The van der Waals surface area contributed by atoms with Crippen LogP contribution >= 0.6 is 0 Å². The molecule has 35 nitrogen and oxygen atoms in total. The van der Waals surface area contributed by atoms with E-state index >= 15 is 0 Å². The number of ether oxygens (including phenoxy) is 33. The molecular formula is C61H108O35. The molecule has 35 atom stereocenters. The van der Waals surface area contributed by atoms with E-state index in [4.69, 9.17) is 156 Å². The summed E-state index contributed by atoms with van der Waals surface area (Å²) < 4.78 is 212. The molecule has 562 valence electrons. The van der Waals surface area contributed by atoms with E-state index in [-0.39, 0.29) is 33.0 Å². The van der Waals surface area contributed by atoms with Crippen LogP contribution in [0.15, 0.2) is 0 Å². The van der Waals surface area contributed by atoms with Gasteiger partial charge in [0.2, 0.25) is 0 Å². The number of methoxy groups -OCH3 is 19. The van der Waals surface area contributed by atoms with Gasteiger partial charge in [0.15, 0.2) is 44.0 Å². The van der Waals surface area contributed by atoms with Crippen molar-refractivity contribution in [3.63, 3.8) is 0 Å². The van der Waals surface area contributed by atoms with Gasteiger partial charge >= 0.3 is 0 Å². The molecule has 0 aromatic rings. The quantitative estimate of drug-likeness (QED) is 0.0883. The zero-order valence-electron chi connectivity index (χ0n) is 58.5. The van der Waals surface area contributed by atoms with Crippen molar-refractivity contribution >= 4 is 0 Å². The minimum Gasteiger partial charge on any atom is -0.394 e. The molecule has 21 aliphatic rings. The smallest absolute Gasteiger partial charge is 0.187 e. The predicted molar refractivity (Wildman–Crippen MR) is 319 cm³/mol. The van der Waals surface area contributed by atoms with Crippen LogP contribution in [-0.2, 0) is 156 Å². The highest BCUT2D eigenvalue weighted by atomic mass is 16.8. The Balaban J connectivity index is 1.22. The predicted octanol–water partition coefficient (Wildman–Crippen LogP) is -2.80. The van der Waals surface area contributed by atoms with Crippen molar-refractivity contribution in [1.82, 2.24) is 0 Å². The zero-order valence-corrected chi connectivity index (χ0v) is 58.5. The molecule has 0 amide bonds. The second-order valence-corrected chi connectivity index (χ2v) is 24.0. The summed E-state index contributed by atoms with van der Waals surface area (Å²) in [5, 5.41) is 22.6. The summed E-state index contributed by atoms with van der Waals surface area (Å²) in [5.74, 6) is 0. The van der Waals surface area contributed by atoms with E-state index in [2.05, 4.69) is 0 Å². The van der Waals surface area contributed by atoms with Crippen molar-refractivity contribution in [2.75, 3.05) is 181 Å². The first kappa shape index (κ1) is 80.3. The van der Waals surface area contributed by atoms with Crippen molar-refractivity contribution in [2.45, 2.75) is 215 Å². The minimum atomic E-state index is -1.31. The molecular weight excluding hydrogens is 1290 g/mol. The molecule has 0 aromatic heterocycles. The number of aliphatic hydroxyl groups is 2. The Kier molecular flexibility index (Phi) is 32.6. The second-order valence-electron chi connectivity index (χ2n) is 24.0. The lowest BCUT2D eigenvalue weighted by Gasteiger charge is -2.52. The van der Waals surface area contributed by atoms with Crippen LogP contribution in [0.5, 0.6) is 0 Å². The highest BCUT2D eigenvalue weighted by Crippen LogP contribution is 2.43. The van der Waals surface area contributed by atoms with E-state index in [1.54, 1.807) is 0 Å². The fraction of sp³-hybridized carbons (Fsp3) is 1.00. The molecule has 0 radical (unpaired) electrons. The lowest BCUT2D eigenvalue weighted by atomic mass is 9.94. The molecule has 21 rings (SSSR count).